The molecule has 1 aliphatic carbocycles. The number of benzene rings is 1. The first-order chi connectivity index (χ1) is 11.5. The number of fused-ring (bicyclic) bond motifs is 3. The van der Waals surface area contributed by atoms with Crippen molar-refractivity contribution in [2.45, 2.75) is 23.3 Å². The summed E-state index contributed by atoms with van der Waals surface area (Å²) in [7, 11) is -0.277. The Hall–Kier alpha value is -1.63. The normalized spacial score (nSPS) is 25.4. The molecule has 4 nitrogen and oxygen atoms in total. The lowest BCUT2D eigenvalue weighted by Crippen LogP contribution is -2.29. The molecule has 126 valence electrons. The van der Waals surface area contributed by atoms with Crippen molar-refractivity contribution in [2.75, 3.05) is 19.4 Å². The molecule has 24 heavy (non-hydrogen) atoms. The molecule has 0 spiro atoms. The molecule has 0 amide bonds. The summed E-state index contributed by atoms with van der Waals surface area (Å²) in [4.78, 5) is 1.70. The van der Waals surface area contributed by atoms with Gasteiger partial charge in [0.25, 0.3) is 0 Å². The number of hydrogen-bond donors (Lipinski definition) is 1. The average molecular weight is 361 g/mol. The summed E-state index contributed by atoms with van der Waals surface area (Å²) in [6.45, 7) is 0. The van der Waals surface area contributed by atoms with Crippen LogP contribution in [0.2, 0.25) is 0 Å². The van der Waals surface area contributed by atoms with E-state index in [2.05, 4.69) is 35.0 Å². The number of hydrogen-bond acceptors (Lipinski definition) is 4. The largest absolute Gasteiger partial charge is 0.377 e. The Labute approximate surface area is 146 Å². The van der Waals surface area contributed by atoms with Gasteiger partial charge in [0, 0.05) is 30.6 Å². The summed E-state index contributed by atoms with van der Waals surface area (Å²) < 4.78 is 26.2. The first-order valence-electron chi connectivity index (χ1n) is 8.01. The molecule has 6 heteroatoms. The zero-order valence-electron chi connectivity index (χ0n) is 13.6. The van der Waals surface area contributed by atoms with Crippen molar-refractivity contribution < 1.29 is 8.42 Å². The molecular formula is C18H20N2O2S2. The fraction of sp³-hybridized carbons (Fsp3) is 0.333. The summed E-state index contributed by atoms with van der Waals surface area (Å²) in [6.07, 6.45) is 5.47. The highest BCUT2D eigenvalue weighted by Crippen LogP contribution is 2.50. The molecule has 1 aromatic heterocycles. The summed E-state index contributed by atoms with van der Waals surface area (Å²) in [6, 6.07) is 10.00. The Morgan fingerprint density at radius 2 is 2.08 bits per heavy atom. The lowest BCUT2D eigenvalue weighted by molar-refractivity contribution is 0.429. The number of nitrogens with zero attached hydrogens (tertiary/aromatic N) is 1. The smallest absolute Gasteiger partial charge is 0.242 e. The van der Waals surface area contributed by atoms with E-state index >= 15 is 0 Å². The van der Waals surface area contributed by atoms with Crippen molar-refractivity contribution in [3.05, 3.63) is 58.3 Å². The molecule has 3 atom stereocenters. The van der Waals surface area contributed by atoms with Crippen molar-refractivity contribution in [1.82, 2.24) is 4.31 Å². The van der Waals surface area contributed by atoms with Gasteiger partial charge in [0.1, 0.15) is 0 Å². The van der Waals surface area contributed by atoms with Gasteiger partial charge in [0.05, 0.1) is 10.9 Å². The molecule has 1 aliphatic heterocycles. The second kappa shape index (κ2) is 5.72. The van der Waals surface area contributed by atoms with Crippen LogP contribution in [0.15, 0.2) is 52.8 Å². The lowest BCUT2D eigenvalue weighted by atomic mass is 9.79. The van der Waals surface area contributed by atoms with Gasteiger partial charge >= 0.3 is 0 Å². The molecular weight excluding hydrogens is 340 g/mol. The summed E-state index contributed by atoms with van der Waals surface area (Å²) in [5.74, 6) is 0.708. The lowest BCUT2D eigenvalue weighted by Gasteiger charge is -2.37. The Morgan fingerprint density at radius 3 is 2.79 bits per heavy atom. The molecule has 0 saturated carbocycles. The minimum absolute atomic E-state index is 0.269. The quantitative estimate of drug-likeness (QED) is 0.847. The third kappa shape index (κ3) is 2.41. The van der Waals surface area contributed by atoms with E-state index in [0.29, 0.717) is 10.8 Å². The molecule has 0 radical (unpaired) electrons. The topological polar surface area (TPSA) is 49.4 Å². The van der Waals surface area contributed by atoms with Crippen molar-refractivity contribution in [1.29, 1.82) is 0 Å². The van der Waals surface area contributed by atoms with Gasteiger partial charge in [-0.2, -0.15) is 0 Å². The maximum Gasteiger partial charge on any atom is 0.242 e. The van der Waals surface area contributed by atoms with Gasteiger partial charge in [-0.25, -0.2) is 12.7 Å². The van der Waals surface area contributed by atoms with Gasteiger partial charge < -0.3 is 5.32 Å². The third-order valence-corrected chi connectivity index (χ3v) is 7.73. The van der Waals surface area contributed by atoms with Crippen LogP contribution in [0.25, 0.3) is 0 Å². The molecule has 0 bridgehead atoms. The molecule has 0 saturated heterocycles. The average Bonchev–Trinajstić information content (AvgIpc) is 3.25. The van der Waals surface area contributed by atoms with E-state index < -0.39 is 10.0 Å². The molecule has 2 aromatic rings. The van der Waals surface area contributed by atoms with Gasteiger partial charge in [0.15, 0.2) is 0 Å². The predicted octanol–water partition coefficient (Wildman–Crippen LogP) is 3.82. The van der Waals surface area contributed by atoms with Crippen molar-refractivity contribution in [2.24, 2.45) is 5.92 Å². The number of allylic oxidation sites excluding steroid dienone is 2. The molecule has 1 aromatic carbocycles. The number of sulfonamides is 1. The fourth-order valence-corrected chi connectivity index (χ4v) is 5.48. The molecule has 3 unspecified atom stereocenters. The van der Waals surface area contributed by atoms with Crippen LogP contribution in [0.4, 0.5) is 5.69 Å². The highest BCUT2D eigenvalue weighted by Gasteiger charge is 2.38. The van der Waals surface area contributed by atoms with Gasteiger partial charge in [0.2, 0.25) is 10.0 Å². The minimum atomic E-state index is -3.41. The minimum Gasteiger partial charge on any atom is -0.377 e. The Bertz CT molecular complexity index is 886. The van der Waals surface area contributed by atoms with Crippen LogP contribution >= 0.6 is 11.3 Å². The Morgan fingerprint density at radius 1 is 1.25 bits per heavy atom. The van der Waals surface area contributed by atoms with Crippen LogP contribution in [-0.2, 0) is 10.0 Å². The van der Waals surface area contributed by atoms with Gasteiger partial charge in [-0.3, -0.25) is 0 Å². The summed E-state index contributed by atoms with van der Waals surface area (Å²) in [5.41, 5.74) is 2.13. The van der Waals surface area contributed by atoms with E-state index in [4.69, 9.17) is 0 Å². The molecule has 0 fully saturated rings. The zero-order chi connectivity index (χ0) is 16.9. The number of nitrogens with one attached hydrogen (secondary N) is 1. The number of rotatable bonds is 3. The number of anilines is 1. The molecule has 2 aliphatic rings. The fourth-order valence-electron chi connectivity index (χ4n) is 3.69. The third-order valence-electron chi connectivity index (χ3n) is 4.96. The van der Waals surface area contributed by atoms with E-state index in [1.807, 2.05) is 12.1 Å². The molecule has 4 rings (SSSR count). The van der Waals surface area contributed by atoms with Gasteiger partial charge in [-0.15, -0.1) is 11.3 Å². The second-order valence-electron chi connectivity index (χ2n) is 6.53. The van der Waals surface area contributed by atoms with E-state index in [1.165, 1.54) is 9.18 Å². The maximum atomic E-state index is 12.5. The Balaban J connectivity index is 1.79. The summed E-state index contributed by atoms with van der Waals surface area (Å²) >= 11 is 1.77. The van der Waals surface area contributed by atoms with Gasteiger partial charge in [-0.05, 0) is 47.5 Å². The van der Waals surface area contributed by atoms with E-state index in [9.17, 15) is 8.42 Å². The Kier molecular flexibility index (Phi) is 3.78. The monoisotopic (exact) mass is 360 g/mol. The van der Waals surface area contributed by atoms with Crippen molar-refractivity contribution in [3.63, 3.8) is 0 Å². The first-order valence-corrected chi connectivity index (χ1v) is 10.3. The zero-order valence-corrected chi connectivity index (χ0v) is 15.3. The van der Waals surface area contributed by atoms with Crippen LogP contribution in [0.3, 0.4) is 0 Å². The predicted molar refractivity (Wildman–Crippen MR) is 98.0 cm³/mol. The standard InChI is InChI=1S/C18H20N2O2S2/c1-20(2)24(21,22)12-8-9-16-15(11-12)13-5-3-6-14(13)18(19-16)17-7-4-10-23-17/h3-5,7-11,13-14,18-19H,6H2,1-2H3. The van der Waals surface area contributed by atoms with Crippen LogP contribution in [0.5, 0.6) is 0 Å². The van der Waals surface area contributed by atoms with Crippen LogP contribution < -0.4 is 5.32 Å². The SMILES string of the molecule is CN(C)S(=O)(=O)c1ccc2c(c1)C1C=CCC1C(c1cccs1)N2. The van der Waals surface area contributed by atoms with Crippen LogP contribution in [-0.4, -0.2) is 26.8 Å². The van der Waals surface area contributed by atoms with Crippen LogP contribution in [0.1, 0.15) is 28.8 Å². The first kappa shape index (κ1) is 15.9. The molecule has 2 heterocycles. The highest BCUT2D eigenvalue weighted by molar-refractivity contribution is 7.89. The van der Waals surface area contributed by atoms with E-state index in [0.717, 1.165) is 17.7 Å². The summed E-state index contributed by atoms with van der Waals surface area (Å²) in [5, 5.41) is 5.75. The van der Waals surface area contributed by atoms with Crippen molar-refractivity contribution in [3.8, 4) is 0 Å². The second-order valence-corrected chi connectivity index (χ2v) is 9.66. The maximum absolute atomic E-state index is 12.5. The van der Waals surface area contributed by atoms with Crippen LogP contribution in [0, 0.1) is 5.92 Å². The van der Waals surface area contributed by atoms with E-state index in [-0.39, 0.29) is 12.0 Å². The highest BCUT2D eigenvalue weighted by atomic mass is 32.2. The van der Waals surface area contributed by atoms with Gasteiger partial charge in [-0.1, -0.05) is 18.2 Å². The van der Waals surface area contributed by atoms with Crippen molar-refractivity contribution >= 4 is 27.0 Å². The number of thiophene rings is 1. The van der Waals surface area contributed by atoms with E-state index in [1.54, 1.807) is 31.5 Å². The molecule has 1 N–H and O–H groups in total.